The van der Waals surface area contributed by atoms with Crippen LogP contribution in [0.4, 0.5) is 11.5 Å². The minimum atomic E-state index is -1.04. The molecule has 2 N–H and O–H groups in total. The summed E-state index contributed by atoms with van der Waals surface area (Å²) in [5.41, 5.74) is 0.746. The van der Waals surface area contributed by atoms with E-state index in [1.807, 2.05) is 18.0 Å². The summed E-state index contributed by atoms with van der Waals surface area (Å²) in [6.45, 7) is 4.09. The first-order valence-corrected chi connectivity index (χ1v) is 8.35. The summed E-state index contributed by atoms with van der Waals surface area (Å²) in [6.07, 6.45) is 4.87. The molecule has 0 spiro atoms. The molecule has 8 heteroatoms. The zero-order valence-corrected chi connectivity index (χ0v) is 14.1. The van der Waals surface area contributed by atoms with Crippen molar-refractivity contribution in [2.24, 2.45) is 5.92 Å². The summed E-state index contributed by atoms with van der Waals surface area (Å²) in [6, 6.07) is 4.96. The third kappa shape index (κ3) is 3.96. The number of pyridine rings is 1. The molecule has 0 unspecified atom stereocenters. The highest BCUT2D eigenvalue weighted by molar-refractivity contribution is 5.92. The van der Waals surface area contributed by atoms with Crippen LogP contribution in [0.3, 0.4) is 0 Å². The summed E-state index contributed by atoms with van der Waals surface area (Å²) in [4.78, 5) is 29.6. The number of carboxylic acid groups (broad SMARTS) is 1. The van der Waals surface area contributed by atoms with E-state index in [1.165, 1.54) is 6.07 Å². The third-order valence-corrected chi connectivity index (χ3v) is 4.37. The number of carboxylic acids is 1. The molecule has 0 aliphatic carbocycles. The number of aryl methyl sites for hydroxylation is 1. The number of aromatic carboxylic acids is 1. The van der Waals surface area contributed by atoms with Crippen LogP contribution in [0.2, 0.25) is 0 Å². The van der Waals surface area contributed by atoms with Crippen molar-refractivity contribution in [3.8, 4) is 0 Å². The van der Waals surface area contributed by atoms with Crippen LogP contribution >= 0.6 is 0 Å². The fourth-order valence-corrected chi connectivity index (χ4v) is 2.93. The van der Waals surface area contributed by atoms with Crippen molar-refractivity contribution in [3.63, 3.8) is 0 Å². The highest BCUT2D eigenvalue weighted by Gasteiger charge is 2.26. The number of hydrogen-bond donors (Lipinski definition) is 2. The highest BCUT2D eigenvalue weighted by atomic mass is 16.4. The molecule has 0 atom stereocenters. The smallest absolute Gasteiger partial charge is 0.354 e. The molecule has 0 aromatic carbocycles. The molecule has 1 aliphatic heterocycles. The summed E-state index contributed by atoms with van der Waals surface area (Å²) >= 11 is 0. The van der Waals surface area contributed by atoms with Crippen LogP contribution in [-0.2, 0) is 11.3 Å². The Morgan fingerprint density at radius 1 is 1.32 bits per heavy atom. The second kappa shape index (κ2) is 7.33. The molecule has 1 fully saturated rings. The molecule has 1 amide bonds. The van der Waals surface area contributed by atoms with Crippen molar-refractivity contribution >= 4 is 23.4 Å². The standard InChI is InChI=1S/C17H21N5O3/c1-2-22-11-13(10-18-22)19-16(23)12-6-8-21(9-7-12)15-5-3-4-14(20-15)17(24)25/h3-5,10-12H,2,6-9H2,1H3,(H,19,23)(H,24,25). The van der Waals surface area contributed by atoms with Gasteiger partial charge in [0.2, 0.25) is 5.91 Å². The quantitative estimate of drug-likeness (QED) is 0.859. The van der Waals surface area contributed by atoms with Gasteiger partial charge in [-0.15, -0.1) is 0 Å². The Morgan fingerprint density at radius 2 is 2.08 bits per heavy atom. The lowest BCUT2D eigenvalue weighted by atomic mass is 9.96. The molecule has 1 aliphatic rings. The largest absolute Gasteiger partial charge is 0.477 e. The maximum absolute atomic E-state index is 12.4. The molecule has 0 saturated carbocycles. The lowest BCUT2D eigenvalue weighted by molar-refractivity contribution is -0.120. The van der Waals surface area contributed by atoms with Crippen molar-refractivity contribution in [3.05, 3.63) is 36.3 Å². The van der Waals surface area contributed by atoms with Gasteiger partial charge in [-0.25, -0.2) is 9.78 Å². The number of carbonyl (C=O) groups excluding carboxylic acids is 1. The Morgan fingerprint density at radius 3 is 2.72 bits per heavy atom. The number of hydrogen-bond acceptors (Lipinski definition) is 5. The van der Waals surface area contributed by atoms with Crippen LogP contribution < -0.4 is 10.2 Å². The van der Waals surface area contributed by atoms with Gasteiger partial charge in [0.15, 0.2) is 5.69 Å². The van der Waals surface area contributed by atoms with Crippen molar-refractivity contribution in [1.82, 2.24) is 14.8 Å². The van der Waals surface area contributed by atoms with Crippen LogP contribution in [0, 0.1) is 5.92 Å². The monoisotopic (exact) mass is 343 g/mol. The van der Waals surface area contributed by atoms with Gasteiger partial charge in [0.1, 0.15) is 5.82 Å². The lowest BCUT2D eigenvalue weighted by Gasteiger charge is -2.32. The van der Waals surface area contributed by atoms with Crippen molar-refractivity contribution in [2.45, 2.75) is 26.3 Å². The molecule has 0 bridgehead atoms. The van der Waals surface area contributed by atoms with Gasteiger partial charge < -0.3 is 15.3 Å². The molecule has 0 radical (unpaired) electrons. The Kier molecular flexibility index (Phi) is 4.97. The number of amides is 1. The van der Waals surface area contributed by atoms with Crippen molar-refractivity contribution in [2.75, 3.05) is 23.3 Å². The number of nitrogens with zero attached hydrogens (tertiary/aromatic N) is 4. The van der Waals surface area contributed by atoms with E-state index in [1.54, 1.807) is 23.0 Å². The van der Waals surface area contributed by atoms with Gasteiger partial charge in [0.25, 0.3) is 0 Å². The van der Waals surface area contributed by atoms with Crippen LogP contribution in [0.25, 0.3) is 0 Å². The number of carbonyl (C=O) groups is 2. The maximum atomic E-state index is 12.4. The average molecular weight is 343 g/mol. The van der Waals surface area contributed by atoms with E-state index < -0.39 is 5.97 Å². The second-order valence-corrected chi connectivity index (χ2v) is 6.02. The first-order chi connectivity index (χ1) is 12.1. The first kappa shape index (κ1) is 16.9. The highest BCUT2D eigenvalue weighted by Crippen LogP contribution is 2.23. The molecule has 2 aromatic rings. The minimum absolute atomic E-state index is 0.00236. The molecule has 1 saturated heterocycles. The Balaban J connectivity index is 1.57. The van der Waals surface area contributed by atoms with Gasteiger partial charge in [-0.2, -0.15) is 5.10 Å². The van der Waals surface area contributed by atoms with E-state index in [-0.39, 0.29) is 17.5 Å². The van der Waals surface area contributed by atoms with Crippen LogP contribution in [0.15, 0.2) is 30.6 Å². The van der Waals surface area contributed by atoms with Crippen LogP contribution in [0.5, 0.6) is 0 Å². The molecule has 3 rings (SSSR count). The molecule has 25 heavy (non-hydrogen) atoms. The number of nitrogens with one attached hydrogen (secondary N) is 1. The predicted molar refractivity (Wildman–Crippen MR) is 92.7 cm³/mol. The number of anilines is 2. The van der Waals surface area contributed by atoms with Gasteiger partial charge >= 0.3 is 5.97 Å². The Hall–Kier alpha value is -2.90. The predicted octanol–water partition coefficient (Wildman–Crippen LogP) is 1.85. The van der Waals surface area contributed by atoms with E-state index in [0.717, 1.165) is 6.54 Å². The van der Waals surface area contributed by atoms with E-state index in [9.17, 15) is 9.59 Å². The van der Waals surface area contributed by atoms with Crippen molar-refractivity contribution < 1.29 is 14.7 Å². The van der Waals surface area contributed by atoms with Gasteiger partial charge in [-0.3, -0.25) is 9.48 Å². The van der Waals surface area contributed by atoms with E-state index in [4.69, 9.17) is 5.11 Å². The van der Waals surface area contributed by atoms with Gasteiger partial charge in [-0.1, -0.05) is 6.07 Å². The molecule has 132 valence electrons. The second-order valence-electron chi connectivity index (χ2n) is 6.02. The van der Waals surface area contributed by atoms with Crippen LogP contribution in [-0.4, -0.2) is 44.8 Å². The van der Waals surface area contributed by atoms with Gasteiger partial charge in [-0.05, 0) is 31.9 Å². The zero-order valence-electron chi connectivity index (χ0n) is 14.1. The summed E-state index contributed by atoms with van der Waals surface area (Å²) in [7, 11) is 0. The van der Waals surface area contributed by atoms with E-state index in [0.29, 0.717) is 37.4 Å². The van der Waals surface area contributed by atoms with Gasteiger partial charge in [0.05, 0.1) is 11.9 Å². The zero-order chi connectivity index (χ0) is 17.8. The molecular formula is C17H21N5O3. The average Bonchev–Trinajstić information content (AvgIpc) is 3.09. The number of rotatable bonds is 5. The Bertz CT molecular complexity index is 765. The SMILES string of the molecule is CCn1cc(NC(=O)C2CCN(c3cccc(C(=O)O)n3)CC2)cn1. The third-order valence-electron chi connectivity index (χ3n) is 4.37. The number of piperidine rings is 1. The molecular weight excluding hydrogens is 322 g/mol. The lowest BCUT2D eigenvalue weighted by Crippen LogP contribution is -2.38. The Labute approximate surface area is 145 Å². The topological polar surface area (TPSA) is 100 Å². The first-order valence-electron chi connectivity index (χ1n) is 8.35. The normalized spacial score (nSPS) is 15.2. The van der Waals surface area contributed by atoms with Gasteiger partial charge in [0, 0.05) is 31.7 Å². The maximum Gasteiger partial charge on any atom is 0.354 e. The van der Waals surface area contributed by atoms with E-state index in [2.05, 4.69) is 15.4 Å². The van der Waals surface area contributed by atoms with E-state index >= 15 is 0 Å². The molecule has 8 nitrogen and oxygen atoms in total. The fourth-order valence-electron chi connectivity index (χ4n) is 2.93. The fraction of sp³-hybridized carbons (Fsp3) is 0.412. The van der Waals surface area contributed by atoms with Crippen molar-refractivity contribution in [1.29, 1.82) is 0 Å². The molecule has 3 heterocycles. The minimum Gasteiger partial charge on any atom is -0.477 e. The number of aromatic nitrogens is 3. The summed E-state index contributed by atoms with van der Waals surface area (Å²) in [5, 5.41) is 16.1. The molecule has 2 aromatic heterocycles. The summed E-state index contributed by atoms with van der Waals surface area (Å²) < 4.78 is 1.76. The summed E-state index contributed by atoms with van der Waals surface area (Å²) in [5.74, 6) is -0.460. The van der Waals surface area contributed by atoms with Crippen LogP contribution in [0.1, 0.15) is 30.3 Å².